The molecule has 1 heterocycles. The summed E-state index contributed by atoms with van der Waals surface area (Å²) in [5.41, 5.74) is 3.30. The minimum absolute atomic E-state index is 0.0473. The van der Waals surface area contributed by atoms with Crippen LogP contribution < -0.4 is 10.2 Å². The van der Waals surface area contributed by atoms with E-state index in [9.17, 15) is 4.79 Å². The fourth-order valence-corrected chi connectivity index (χ4v) is 2.89. The summed E-state index contributed by atoms with van der Waals surface area (Å²) >= 11 is 0. The molecule has 4 nitrogen and oxygen atoms in total. The Bertz CT molecular complexity index is 722. The van der Waals surface area contributed by atoms with E-state index in [0.717, 1.165) is 37.4 Å². The Morgan fingerprint density at radius 1 is 1.12 bits per heavy atom. The Morgan fingerprint density at radius 2 is 1.88 bits per heavy atom. The molecule has 1 atom stereocenters. The van der Waals surface area contributed by atoms with Gasteiger partial charge in [-0.15, -0.1) is 0 Å². The lowest BCUT2D eigenvalue weighted by Crippen LogP contribution is -2.36. The highest BCUT2D eigenvalue weighted by Gasteiger charge is 2.13. The summed E-state index contributed by atoms with van der Waals surface area (Å²) in [7, 11) is 0. The van der Waals surface area contributed by atoms with Crippen LogP contribution in [0.4, 0.5) is 5.69 Å². The molecule has 1 aliphatic heterocycles. The normalized spacial score (nSPS) is 16.0. The average Bonchev–Trinajstić information content (AvgIpc) is 2.68. The number of morpholine rings is 1. The maximum absolute atomic E-state index is 12.2. The summed E-state index contributed by atoms with van der Waals surface area (Å²) in [6, 6.07) is 18.1. The fraction of sp³-hybridized carbons (Fsp3) is 0.286. The van der Waals surface area contributed by atoms with Gasteiger partial charge in [0.2, 0.25) is 5.91 Å². The topological polar surface area (TPSA) is 41.6 Å². The summed E-state index contributed by atoms with van der Waals surface area (Å²) in [5, 5.41) is 3.03. The first kappa shape index (κ1) is 17.2. The molecule has 0 bridgehead atoms. The number of ether oxygens (including phenoxy) is 1. The van der Waals surface area contributed by atoms with E-state index in [1.165, 1.54) is 5.69 Å². The number of hydrogen-bond donors (Lipinski definition) is 1. The first-order valence-electron chi connectivity index (χ1n) is 8.68. The first-order valence-corrected chi connectivity index (χ1v) is 8.68. The van der Waals surface area contributed by atoms with Crippen LogP contribution in [-0.2, 0) is 9.53 Å². The number of nitrogens with one attached hydrogen (secondary N) is 1. The van der Waals surface area contributed by atoms with E-state index in [2.05, 4.69) is 28.4 Å². The molecule has 1 saturated heterocycles. The third-order valence-electron chi connectivity index (χ3n) is 4.33. The standard InChI is InChI=1S/C21H24N2O2/c1-17(22-21(24)11-10-18-6-3-2-4-7-18)19-8-5-9-20(16-19)23-12-14-25-15-13-23/h2-11,16-17H,12-15H2,1H3,(H,22,24)/b11-10-/t17-/m0/s1. The van der Waals surface area contributed by atoms with E-state index in [1.807, 2.05) is 49.4 Å². The zero-order chi connectivity index (χ0) is 17.5. The zero-order valence-electron chi connectivity index (χ0n) is 14.5. The summed E-state index contributed by atoms with van der Waals surface area (Å²) in [4.78, 5) is 14.5. The number of nitrogens with zero attached hydrogens (tertiary/aromatic N) is 1. The maximum Gasteiger partial charge on any atom is 0.244 e. The van der Waals surface area contributed by atoms with E-state index in [4.69, 9.17) is 4.74 Å². The molecule has 25 heavy (non-hydrogen) atoms. The number of hydrogen-bond acceptors (Lipinski definition) is 3. The maximum atomic E-state index is 12.2. The van der Waals surface area contributed by atoms with Crippen molar-refractivity contribution in [3.05, 3.63) is 71.8 Å². The predicted molar refractivity (Wildman–Crippen MR) is 102 cm³/mol. The molecule has 0 radical (unpaired) electrons. The summed E-state index contributed by atoms with van der Waals surface area (Å²) in [6.45, 7) is 5.35. The van der Waals surface area contributed by atoms with Crippen LogP contribution in [0.3, 0.4) is 0 Å². The largest absolute Gasteiger partial charge is 0.378 e. The van der Waals surface area contributed by atoms with E-state index in [0.29, 0.717) is 0 Å². The van der Waals surface area contributed by atoms with E-state index >= 15 is 0 Å². The second-order valence-electron chi connectivity index (χ2n) is 6.17. The van der Waals surface area contributed by atoms with Gasteiger partial charge in [-0.05, 0) is 36.3 Å². The molecule has 0 aromatic heterocycles. The van der Waals surface area contributed by atoms with Crippen LogP contribution in [0.25, 0.3) is 6.08 Å². The average molecular weight is 336 g/mol. The molecule has 1 N–H and O–H groups in total. The Balaban J connectivity index is 1.61. The van der Waals surface area contributed by atoms with Crippen LogP contribution in [-0.4, -0.2) is 32.2 Å². The molecular weight excluding hydrogens is 312 g/mol. The summed E-state index contributed by atoms with van der Waals surface area (Å²) in [6.07, 6.45) is 3.41. The van der Waals surface area contributed by atoms with Crippen molar-refractivity contribution in [1.29, 1.82) is 0 Å². The van der Waals surface area contributed by atoms with Gasteiger partial charge in [0.15, 0.2) is 0 Å². The van der Waals surface area contributed by atoms with Crippen LogP contribution >= 0.6 is 0 Å². The van der Waals surface area contributed by atoms with Gasteiger partial charge in [0.25, 0.3) is 0 Å². The van der Waals surface area contributed by atoms with Crippen molar-refractivity contribution < 1.29 is 9.53 Å². The molecule has 0 aliphatic carbocycles. The quantitative estimate of drug-likeness (QED) is 0.851. The summed E-state index contributed by atoms with van der Waals surface area (Å²) < 4.78 is 5.41. The molecular formula is C21H24N2O2. The van der Waals surface area contributed by atoms with Crippen molar-refractivity contribution in [3.63, 3.8) is 0 Å². The molecule has 0 spiro atoms. The third kappa shape index (κ3) is 4.94. The van der Waals surface area contributed by atoms with Gasteiger partial charge in [-0.2, -0.15) is 0 Å². The molecule has 4 heteroatoms. The smallest absolute Gasteiger partial charge is 0.244 e. The number of amides is 1. The highest BCUT2D eigenvalue weighted by Crippen LogP contribution is 2.21. The van der Waals surface area contributed by atoms with Crippen molar-refractivity contribution in [3.8, 4) is 0 Å². The Kier molecular flexibility index (Phi) is 5.86. The van der Waals surface area contributed by atoms with Gasteiger partial charge in [0.1, 0.15) is 0 Å². The van der Waals surface area contributed by atoms with Crippen LogP contribution in [0.1, 0.15) is 24.1 Å². The predicted octanol–water partition coefficient (Wildman–Crippen LogP) is 3.41. The van der Waals surface area contributed by atoms with E-state index in [-0.39, 0.29) is 11.9 Å². The number of benzene rings is 2. The first-order chi connectivity index (χ1) is 12.2. The molecule has 2 aromatic carbocycles. The third-order valence-corrected chi connectivity index (χ3v) is 4.33. The minimum Gasteiger partial charge on any atom is -0.378 e. The highest BCUT2D eigenvalue weighted by atomic mass is 16.5. The monoisotopic (exact) mass is 336 g/mol. The zero-order valence-corrected chi connectivity index (χ0v) is 14.5. The molecule has 1 amide bonds. The fourth-order valence-electron chi connectivity index (χ4n) is 2.89. The second kappa shape index (κ2) is 8.49. The SMILES string of the molecule is C[C@H](NC(=O)/C=C\c1ccccc1)c1cccc(N2CCOCC2)c1. The minimum atomic E-state index is -0.0897. The Labute approximate surface area is 149 Å². The van der Waals surface area contributed by atoms with Crippen molar-refractivity contribution in [2.75, 3.05) is 31.2 Å². The van der Waals surface area contributed by atoms with Crippen LogP contribution in [0.5, 0.6) is 0 Å². The van der Waals surface area contributed by atoms with Crippen molar-refractivity contribution in [2.45, 2.75) is 13.0 Å². The van der Waals surface area contributed by atoms with Crippen LogP contribution in [0.2, 0.25) is 0 Å². The lowest BCUT2D eigenvalue weighted by molar-refractivity contribution is -0.117. The number of rotatable bonds is 5. The lowest BCUT2D eigenvalue weighted by Gasteiger charge is -2.29. The highest BCUT2D eigenvalue weighted by molar-refractivity contribution is 5.91. The van der Waals surface area contributed by atoms with Crippen LogP contribution in [0, 0.1) is 0 Å². The van der Waals surface area contributed by atoms with Gasteiger partial charge >= 0.3 is 0 Å². The second-order valence-corrected chi connectivity index (χ2v) is 6.17. The molecule has 0 saturated carbocycles. The van der Waals surface area contributed by atoms with Crippen molar-refractivity contribution >= 4 is 17.7 Å². The number of anilines is 1. The molecule has 1 fully saturated rings. The number of carbonyl (C=O) groups excluding carboxylic acids is 1. The lowest BCUT2D eigenvalue weighted by atomic mass is 10.1. The molecule has 1 aliphatic rings. The van der Waals surface area contributed by atoms with Gasteiger partial charge < -0.3 is 15.0 Å². The van der Waals surface area contributed by atoms with Gasteiger partial charge in [-0.25, -0.2) is 0 Å². The summed E-state index contributed by atoms with van der Waals surface area (Å²) in [5.74, 6) is -0.0897. The van der Waals surface area contributed by atoms with Crippen LogP contribution in [0.15, 0.2) is 60.7 Å². The molecule has 130 valence electrons. The molecule has 3 rings (SSSR count). The van der Waals surface area contributed by atoms with Crippen molar-refractivity contribution in [1.82, 2.24) is 5.32 Å². The Morgan fingerprint density at radius 3 is 2.64 bits per heavy atom. The van der Waals surface area contributed by atoms with Crippen molar-refractivity contribution in [2.24, 2.45) is 0 Å². The molecule has 0 unspecified atom stereocenters. The molecule has 2 aromatic rings. The van der Waals surface area contributed by atoms with E-state index < -0.39 is 0 Å². The van der Waals surface area contributed by atoms with E-state index in [1.54, 1.807) is 6.08 Å². The van der Waals surface area contributed by atoms with Gasteiger partial charge in [0.05, 0.1) is 19.3 Å². The number of carbonyl (C=O) groups is 1. The van der Waals surface area contributed by atoms with Gasteiger partial charge in [0, 0.05) is 24.9 Å². The van der Waals surface area contributed by atoms with Gasteiger partial charge in [-0.3, -0.25) is 4.79 Å². The van der Waals surface area contributed by atoms with Gasteiger partial charge in [-0.1, -0.05) is 42.5 Å². The Hall–Kier alpha value is -2.59.